The van der Waals surface area contributed by atoms with Crippen molar-refractivity contribution < 1.29 is 13.9 Å². The van der Waals surface area contributed by atoms with Gasteiger partial charge in [0.05, 0.1) is 36.7 Å². The molecule has 0 radical (unpaired) electrons. The van der Waals surface area contributed by atoms with Gasteiger partial charge in [-0.05, 0) is 29.8 Å². The molecule has 0 spiro atoms. The van der Waals surface area contributed by atoms with Crippen molar-refractivity contribution >= 4 is 28.4 Å². The Kier molecular flexibility index (Phi) is 8.27. The van der Waals surface area contributed by atoms with Crippen molar-refractivity contribution in [2.24, 2.45) is 0 Å². The first kappa shape index (κ1) is 26.4. The van der Waals surface area contributed by atoms with Crippen LogP contribution in [0.5, 0.6) is 5.75 Å². The number of pyridine rings is 1. The third-order valence-electron chi connectivity index (χ3n) is 7.27. The third kappa shape index (κ3) is 6.47. The van der Waals surface area contributed by atoms with Crippen LogP contribution in [0.3, 0.4) is 0 Å². The minimum absolute atomic E-state index is 0.300. The highest BCUT2D eigenvalue weighted by Crippen LogP contribution is 2.30. The van der Waals surface area contributed by atoms with Crippen LogP contribution in [-0.4, -0.2) is 96.6 Å². The molecule has 2 N–H and O–H groups in total. The quantitative estimate of drug-likeness (QED) is 0.289. The number of nitrogens with one attached hydrogen (secondary N) is 2. The Labute approximate surface area is 233 Å². The average molecular weight is 544 g/mol. The van der Waals surface area contributed by atoms with Crippen molar-refractivity contribution in [1.29, 1.82) is 0 Å². The molecular formula is C30H34FN7O2. The first-order valence-electron chi connectivity index (χ1n) is 13.8. The zero-order valence-corrected chi connectivity index (χ0v) is 22.4. The summed E-state index contributed by atoms with van der Waals surface area (Å²) in [5, 5.41) is 7.63. The lowest BCUT2D eigenvalue weighted by atomic mass is 10.0. The number of fused-ring (bicyclic) bond motifs is 1. The molecule has 2 aromatic carbocycles. The van der Waals surface area contributed by atoms with Crippen LogP contribution in [0.25, 0.3) is 22.0 Å². The maximum atomic E-state index is 12.4. The second kappa shape index (κ2) is 12.5. The predicted molar refractivity (Wildman–Crippen MR) is 155 cm³/mol. The number of alkyl halides is 1. The Bertz CT molecular complexity index is 1410. The molecule has 0 aliphatic carbocycles. The Morgan fingerprint density at radius 3 is 2.65 bits per heavy atom. The number of hydrogen-bond donors (Lipinski definition) is 2. The summed E-state index contributed by atoms with van der Waals surface area (Å²) in [6.07, 6.45) is 3.59. The van der Waals surface area contributed by atoms with E-state index in [2.05, 4.69) is 48.6 Å². The normalized spacial score (nSPS) is 16.5. The summed E-state index contributed by atoms with van der Waals surface area (Å²) < 4.78 is 24.0. The van der Waals surface area contributed by atoms with Gasteiger partial charge in [-0.1, -0.05) is 30.3 Å². The molecule has 0 atom stereocenters. The summed E-state index contributed by atoms with van der Waals surface area (Å²) in [6.45, 7) is 6.87. The highest BCUT2D eigenvalue weighted by atomic mass is 19.1. The van der Waals surface area contributed by atoms with Gasteiger partial charge in [-0.3, -0.25) is 9.80 Å². The number of halogens is 1. The van der Waals surface area contributed by atoms with E-state index in [1.165, 1.54) is 0 Å². The minimum Gasteiger partial charge on any atom is -0.492 e. The molecule has 40 heavy (non-hydrogen) atoms. The number of likely N-dealkylation sites (tertiary alicyclic amines) is 1. The molecule has 2 aromatic heterocycles. The third-order valence-corrected chi connectivity index (χ3v) is 7.27. The van der Waals surface area contributed by atoms with Crippen molar-refractivity contribution in [1.82, 2.24) is 24.8 Å². The van der Waals surface area contributed by atoms with Crippen molar-refractivity contribution in [3.63, 3.8) is 0 Å². The number of ether oxygens (including phenoxy) is 2. The number of para-hydroxylation sites is 1. The zero-order valence-electron chi connectivity index (χ0n) is 22.4. The molecule has 10 heteroatoms. The standard InChI is InChI=1S/C30H34FN7O2/c31-9-10-38-20-25(21-38)34-28-8-7-24(19-32-28)35-30-33-18-23-4-2-6-27(29(23)36-30)22-3-1-5-26(17-22)40-16-13-37-11-14-39-15-12-37/h1-8,17-19,25H,9-16,20-21H2,(H,32,34)(H,33,35,36). The summed E-state index contributed by atoms with van der Waals surface area (Å²) >= 11 is 0. The lowest BCUT2D eigenvalue weighted by Gasteiger charge is -2.39. The molecule has 208 valence electrons. The smallest absolute Gasteiger partial charge is 0.227 e. The molecule has 0 bridgehead atoms. The fourth-order valence-corrected chi connectivity index (χ4v) is 5.07. The molecule has 0 unspecified atom stereocenters. The van der Waals surface area contributed by atoms with Crippen LogP contribution in [0.2, 0.25) is 0 Å². The van der Waals surface area contributed by atoms with Crippen LogP contribution in [0.15, 0.2) is 67.0 Å². The second-order valence-electron chi connectivity index (χ2n) is 10.1. The van der Waals surface area contributed by atoms with E-state index in [9.17, 15) is 4.39 Å². The number of anilines is 3. The molecule has 2 fully saturated rings. The second-order valence-corrected chi connectivity index (χ2v) is 10.1. The summed E-state index contributed by atoms with van der Waals surface area (Å²) in [6, 6.07) is 18.4. The molecule has 2 aliphatic heterocycles. The van der Waals surface area contributed by atoms with Crippen molar-refractivity contribution in [3.05, 3.63) is 67.0 Å². The Morgan fingerprint density at radius 2 is 1.82 bits per heavy atom. The van der Waals surface area contributed by atoms with E-state index in [1.54, 1.807) is 6.20 Å². The maximum Gasteiger partial charge on any atom is 0.227 e. The van der Waals surface area contributed by atoms with E-state index in [1.807, 2.05) is 42.6 Å². The van der Waals surface area contributed by atoms with Crippen LogP contribution >= 0.6 is 0 Å². The van der Waals surface area contributed by atoms with Gasteiger partial charge in [0.25, 0.3) is 0 Å². The van der Waals surface area contributed by atoms with Gasteiger partial charge in [0.15, 0.2) is 0 Å². The minimum atomic E-state index is -0.305. The molecule has 0 saturated carbocycles. The van der Waals surface area contributed by atoms with Crippen LogP contribution in [0.4, 0.5) is 21.8 Å². The summed E-state index contributed by atoms with van der Waals surface area (Å²) in [5.41, 5.74) is 3.71. The van der Waals surface area contributed by atoms with Gasteiger partial charge in [0.2, 0.25) is 5.95 Å². The number of rotatable bonds is 11. The number of morpholine rings is 1. The highest BCUT2D eigenvalue weighted by molar-refractivity contribution is 5.94. The molecular weight excluding hydrogens is 509 g/mol. The maximum absolute atomic E-state index is 12.4. The van der Waals surface area contributed by atoms with Gasteiger partial charge in [-0.25, -0.2) is 19.3 Å². The average Bonchev–Trinajstić information content (AvgIpc) is 2.97. The lowest BCUT2D eigenvalue weighted by Crippen LogP contribution is -2.55. The molecule has 2 aliphatic rings. The Balaban J connectivity index is 1.12. The fourth-order valence-electron chi connectivity index (χ4n) is 5.07. The van der Waals surface area contributed by atoms with Crippen molar-refractivity contribution in [2.75, 3.05) is 76.4 Å². The van der Waals surface area contributed by atoms with E-state index >= 15 is 0 Å². The molecule has 6 rings (SSSR count). The number of hydrogen-bond acceptors (Lipinski definition) is 9. The van der Waals surface area contributed by atoms with Crippen molar-refractivity contribution in [2.45, 2.75) is 6.04 Å². The van der Waals surface area contributed by atoms with Gasteiger partial charge in [-0.2, -0.15) is 0 Å². The molecule has 0 amide bonds. The van der Waals surface area contributed by atoms with E-state index in [4.69, 9.17) is 14.5 Å². The lowest BCUT2D eigenvalue weighted by molar-refractivity contribution is 0.0322. The van der Waals surface area contributed by atoms with Crippen LogP contribution in [0.1, 0.15) is 0 Å². The van der Waals surface area contributed by atoms with Gasteiger partial charge in [-0.15, -0.1) is 0 Å². The summed E-state index contributed by atoms with van der Waals surface area (Å²) in [4.78, 5) is 18.3. The Morgan fingerprint density at radius 1 is 0.950 bits per heavy atom. The fraction of sp³-hybridized carbons (Fsp3) is 0.367. The number of benzene rings is 2. The van der Waals surface area contributed by atoms with Gasteiger partial charge < -0.3 is 20.1 Å². The van der Waals surface area contributed by atoms with Gasteiger partial charge in [0, 0.05) is 56.4 Å². The van der Waals surface area contributed by atoms with Crippen LogP contribution in [0, 0.1) is 0 Å². The predicted octanol–water partition coefficient (Wildman–Crippen LogP) is 4.21. The van der Waals surface area contributed by atoms with Crippen molar-refractivity contribution in [3.8, 4) is 16.9 Å². The molecule has 2 saturated heterocycles. The number of aromatic nitrogens is 3. The Hall–Kier alpha value is -3.86. The summed E-state index contributed by atoms with van der Waals surface area (Å²) in [7, 11) is 0. The summed E-state index contributed by atoms with van der Waals surface area (Å²) in [5.74, 6) is 2.14. The van der Waals surface area contributed by atoms with E-state index in [0.29, 0.717) is 25.1 Å². The molecule has 4 heterocycles. The van der Waals surface area contributed by atoms with Crippen LogP contribution in [-0.2, 0) is 4.74 Å². The van der Waals surface area contributed by atoms with E-state index in [0.717, 1.165) is 85.2 Å². The van der Waals surface area contributed by atoms with Crippen LogP contribution < -0.4 is 15.4 Å². The largest absolute Gasteiger partial charge is 0.492 e. The zero-order chi connectivity index (χ0) is 27.1. The molecule has 4 aromatic rings. The highest BCUT2D eigenvalue weighted by Gasteiger charge is 2.26. The first-order valence-corrected chi connectivity index (χ1v) is 13.8. The van der Waals surface area contributed by atoms with Gasteiger partial charge >= 0.3 is 0 Å². The van der Waals surface area contributed by atoms with E-state index in [-0.39, 0.29) is 6.67 Å². The topological polar surface area (TPSA) is 87.7 Å². The van der Waals surface area contributed by atoms with Gasteiger partial charge in [0.1, 0.15) is 24.8 Å². The molecule has 9 nitrogen and oxygen atoms in total. The SMILES string of the molecule is FCCN1CC(Nc2ccc(Nc3ncc4cccc(-c5cccc(OCCN6CCOCC6)c5)c4n3)cn2)C1. The van der Waals surface area contributed by atoms with E-state index < -0.39 is 0 Å². The first-order chi connectivity index (χ1) is 19.7. The number of nitrogens with zero attached hydrogens (tertiary/aromatic N) is 5. The monoisotopic (exact) mass is 543 g/mol.